The van der Waals surface area contributed by atoms with Crippen molar-refractivity contribution in [2.45, 2.75) is 19.8 Å². The molecule has 0 atom stereocenters. The number of hydrogen-bond donors (Lipinski definition) is 1. The predicted octanol–water partition coefficient (Wildman–Crippen LogP) is 5.89. The highest BCUT2D eigenvalue weighted by molar-refractivity contribution is 6.31. The van der Waals surface area contributed by atoms with Crippen LogP contribution in [0, 0.1) is 0 Å². The molecule has 0 aliphatic heterocycles. The molecule has 31 heavy (non-hydrogen) atoms. The van der Waals surface area contributed by atoms with Gasteiger partial charge in [-0.25, -0.2) is 0 Å². The molecule has 1 amide bonds. The minimum Gasteiger partial charge on any atom is -0.364 e. The maximum Gasteiger partial charge on any atom is 0.418 e. The van der Waals surface area contributed by atoms with Gasteiger partial charge in [0.2, 0.25) is 0 Å². The first kappa shape index (κ1) is 22.6. The number of Topliss-reactive ketones (excluding diaryl/α,β-unsaturated/α-hetero) is 1. The fraction of sp³-hybridized carbons (Fsp3) is 0.182. The zero-order valence-electron chi connectivity index (χ0n) is 16.6. The largest absolute Gasteiger partial charge is 0.418 e. The number of aromatic nitrogens is 1. The summed E-state index contributed by atoms with van der Waals surface area (Å²) in [5, 5.41) is 2.90. The molecule has 1 heterocycles. The summed E-state index contributed by atoms with van der Waals surface area (Å²) in [5.74, 6) is -1.18. The number of rotatable bonds is 6. The van der Waals surface area contributed by atoms with Crippen molar-refractivity contribution in [1.29, 1.82) is 0 Å². The average Bonchev–Trinajstić information content (AvgIpc) is 3.13. The third-order valence-corrected chi connectivity index (χ3v) is 4.77. The van der Waals surface area contributed by atoms with Crippen LogP contribution in [-0.2, 0) is 17.6 Å². The van der Waals surface area contributed by atoms with E-state index in [2.05, 4.69) is 5.32 Å². The maximum atomic E-state index is 13.4. The third-order valence-electron chi connectivity index (χ3n) is 4.53. The lowest BCUT2D eigenvalue weighted by Crippen LogP contribution is -2.17. The molecule has 3 rings (SSSR count). The fourth-order valence-electron chi connectivity index (χ4n) is 3.20. The molecule has 5 nitrogen and oxygen atoms in total. The Morgan fingerprint density at radius 2 is 1.77 bits per heavy atom. The van der Waals surface area contributed by atoms with Crippen LogP contribution in [0.25, 0.3) is 11.1 Å². The molecule has 162 valence electrons. The lowest BCUT2D eigenvalue weighted by molar-refractivity contribution is -0.137. The predicted molar refractivity (Wildman–Crippen MR) is 111 cm³/mol. The van der Waals surface area contributed by atoms with E-state index in [0.717, 1.165) is 17.0 Å². The summed E-state index contributed by atoms with van der Waals surface area (Å²) < 4.78 is 46.3. The maximum absolute atomic E-state index is 13.4. The number of anilines is 1. The minimum atomic E-state index is -4.72. The van der Waals surface area contributed by atoms with Gasteiger partial charge in [0, 0.05) is 41.3 Å². The number of carbonyl (C=O) groups excluding carboxylic acids is 2. The van der Waals surface area contributed by atoms with Crippen LogP contribution in [0.15, 0.2) is 54.9 Å². The number of carbonyl (C=O) groups is 2. The molecule has 0 spiro atoms. The van der Waals surface area contributed by atoms with Gasteiger partial charge in [-0.05, 0) is 30.7 Å². The topological polar surface area (TPSA) is 60.3 Å². The van der Waals surface area contributed by atoms with Crippen LogP contribution in [0.4, 0.5) is 18.9 Å². The Hall–Kier alpha value is -3.10. The van der Waals surface area contributed by atoms with Gasteiger partial charge in [-0.2, -0.15) is 13.2 Å². The Morgan fingerprint density at radius 1 is 1.06 bits per heavy atom. The Kier molecular flexibility index (Phi) is 6.52. The minimum absolute atomic E-state index is 0.139. The second-order valence-corrected chi connectivity index (χ2v) is 7.20. The smallest absolute Gasteiger partial charge is 0.364 e. The molecule has 2 aromatic carbocycles. The summed E-state index contributed by atoms with van der Waals surface area (Å²) in [4.78, 5) is 24.9. The number of ether oxygens (including phenoxy) is 1. The molecule has 0 aliphatic rings. The third kappa shape index (κ3) is 4.98. The van der Waals surface area contributed by atoms with Gasteiger partial charge in [-0.15, -0.1) is 0 Å². The van der Waals surface area contributed by atoms with Crippen LogP contribution < -0.4 is 5.32 Å². The zero-order valence-corrected chi connectivity index (χ0v) is 17.3. The summed E-state index contributed by atoms with van der Waals surface area (Å²) >= 11 is 6.00. The van der Waals surface area contributed by atoms with Gasteiger partial charge < -0.3 is 14.6 Å². The van der Waals surface area contributed by atoms with Crippen molar-refractivity contribution in [3.05, 3.63) is 76.6 Å². The van der Waals surface area contributed by atoms with Gasteiger partial charge in [0.1, 0.15) is 6.73 Å². The van der Waals surface area contributed by atoms with Gasteiger partial charge >= 0.3 is 6.18 Å². The van der Waals surface area contributed by atoms with E-state index >= 15 is 0 Å². The molecule has 1 aromatic heterocycles. The van der Waals surface area contributed by atoms with Crippen LogP contribution in [-0.4, -0.2) is 23.4 Å². The number of benzene rings is 2. The molecule has 0 bridgehead atoms. The first-order valence-corrected chi connectivity index (χ1v) is 9.46. The summed E-state index contributed by atoms with van der Waals surface area (Å²) in [5.41, 5.74) is -0.0533. The fourth-order valence-corrected chi connectivity index (χ4v) is 3.37. The highest BCUT2D eigenvalue weighted by Gasteiger charge is 2.37. The number of hydrogen-bond acceptors (Lipinski definition) is 3. The number of nitrogens with zero attached hydrogens (tertiary/aromatic N) is 1. The van der Waals surface area contributed by atoms with Crippen molar-refractivity contribution < 1.29 is 27.5 Å². The van der Waals surface area contributed by atoms with E-state index < -0.39 is 23.2 Å². The second kappa shape index (κ2) is 8.95. The molecule has 0 saturated heterocycles. The van der Waals surface area contributed by atoms with Crippen LogP contribution in [0.1, 0.15) is 33.2 Å². The quantitative estimate of drug-likeness (QED) is 0.476. The Bertz CT molecular complexity index is 1140. The van der Waals surface area contributed by atoms with Crippen LogP contribution in [0.5, 0.6) is 0 Å². The molecule has 0 unspecified atom stereocenters. The van der Waals surface area contributed by atoms with Gasteiger partial charge in [-0.1, -0.05) is 35.9 Å². The van der Waals surface area contributed by atoms with Crippen molar-refractivity contribution in [1.82, 2.24) is 4.57 Å². The highest BCUT2D eigenvalue weighted by Crippen LogP contribution is 2.35. The lowest BCUT2D eigenvalue weighted by atomic mass is 9.96. The Morgan fingerprint density at radius 3 is 2.42 bits per heavy atom. The number of amides is 1. The van der Waals surface area contributed by atoms with E-state index in [1.54, 1.807) is 36.4 Å². The summed E-state index contributed by atoms with van der Waals surface area (Å²) in [6.07, 6.45) is -2.83. The van der Waals surface area contributed by atoms with E-state index in [0.29, 0.717) is 21.7 Å². The molecule has 0 saturated carbocycles. The second-order valence-electron chi connectivity index (χ2n) is 6.76. The molecule has 3 aromatic rings. The van der Waals surface area contributed by atoms with E-state index in [1.807, 2.05) is 0 Å². The van der Waals surface area contributed by atoms with E-state index in [-0.39, 0.29) is 18.2 Å². The first-order valence-electron chi connectivity index (χ1n) is 9.09. The summed E-state index contributed by atoms with van der Waals surface area (Å²) in [6.45, 7) is 1.24. The molecule has 0 aliphatic carbocycles. The van der Waals surface area contributed by atoms with Crippen LogP contribution >= 0.6 is 11.6 Å². The molecular formula is C22H18ClF3N2O3. The van der Waals surface area contributed by atoms with Crippen LogP contribution in [0.2, 0.25) is 5.02 Å². The average molecular weight is 451 g/mol. The van der Waals surface area contributed by atoms with Crippen molar-refractivity contribution in [3.8, 4) is 11.1 Å². The molecule has 9 heteroatoms. The molecule has 0 radical (unpaired) electrons. The number of methoxy groups -OCH3 is 1. The molecule has 0 fully saturated rings. The highest BCUT2D eigenvalue weighted by atomic mass is 35.5. The van der Waals surface area contributed by atoms with Crippen molar-refractivity contribution in [2.75, 3.05) is 12.4 Å². The zero-order chi connectivity index (χ0) is 22.8. The van der Waals surface area contributed by atoms with Crippen LogP contribution in [0.3, 0.4) is 0 Å². The van der Waals surface area contributed by atoms with E-state index in [4.69, 9.17) is 16.3 Å². The summed E-state index contributed by atoms with van der Waals surface area (Å²) in [7, 11) is 1.34. The van der Waals surface area contributed by atoms with Crippen molar-refractivity contribution in [3.63, 3.8) is 0 Å². The summed E-state index contributed by atoms with van der Waals surface area (Å²) in [6, 6.07) is 11.2. The lowest BCUT2D eigenvalue weighted by Gasteiger charge is -2.14. The Labute approximate surface area is 181 Å². The number of ketones is 1. The Balaban J connectivity index is 2.03. The van der Waals surface area contributed by atoms with Gasteiger partial charge in [0.25, 0.3) is 5.91 Å². The SMILES string of the molecule is COCn1cc(C(=O)Nc2ccccc2-c2ccc(Cl)cc2C(C)=O)c(C(F)(F)F)c1. The van der Waals surface area contributed by atoms with Gasteiger partial charge in [0.05, 0.1) is 11.1 Å². The first-order chi connectivity index (χ1) is 14.6. The van der Waals surface area contributed by atoms with Crippen molar-refractivity contribution in [2.24, 2.45) is 0 Å². The monoisotopic (exact) mass is 450 g/mol. The number of halogens is 4. The normalized spacial score (nSPS) is 11.4. The number of para-hydroxylation sites is 1. The number of nitrogens with one attached hydrogen (secondary N) is 1. The van der Waals surface area contributed by atoms with E-state index in [1.165, 1.54) is 20.1 Å². The standard InChI is InChI=1S/C22H18ClF3N2O3/c1-13(29)17-9-14(23)7-8-15(17)16-5-3-4-6-20(16)27-21(30)18-10-28(12-31-2)11-19(18)22(24,25)26/h3-11H,12H2,1-2H3,(H,27,30). The van der Waals surface area contributed by atoms with E-state index in [9.17, 15) is 22.8 Å². The van der Waals surface area contributed by atoms with Gasteiger partial charge in [0.15, 0.2) is 5.78 Å². The molecular weight excluding hydrogens is 433 g/mol. The van der Waals surface area contributed by atoms with Crippen molar-refractivity contribution >= 4 is 29.0 Å². The number of alkyl halides is 3. The van der Waals surface area contributed by atoms with Gasteiger partial charge in [-0.3, -0.25) is 9.59 Å². The molecule has 1 N–H and O–H groups in total.